The van der Waals surface area contributed by atoms with Crippen LogP contribution in [0.15, 0.2) is 83.8 Å². The molecular formula is C23H24N2O5S. The third-order valence-corrected chi connectivity index (χ3v) is 6.20. The second kappa shape index (κ2) is 9.99. The maximum atomic E-state index is 13.4. The van der Waals surface area contributed by atoms with Gasteiger partial charge in [-0.05, 0) is 55.5 Å². The van der Waals surface area contributed by atoms with Crippen molar-refractivity contribution in [1.82, 2.24) is 0 Å². The lowest BCUT2D eigenvalue weighted by molar-refractivity contribution is -0.114. The Kier molecular flexibility index (Phi) is 7.15. The minimum absolute atomic E-state index is 0.0639. The molecule has 0 aliphatic carbocycles. The number of hydrogen-bond donors (Lipinski definition) is 1. The number of nitrogens with zero attached hydrogens (tertiary/aromatic N) is 1. The van der Waals surface area contributed by atoms with Crippen molar-refractivity contribution in [3.63, 3.8) is 0 Å². The summed E-state index contributed by atoms with van der Waals surface area (Å²) in [7, 11) is -2.46. The molecule has 31 heavy (non-hydrogen) atoms. The van der Waals surface area contributed by atoms with Crippen LogP contribution < -0.4 is 19.1 Å². The topological polar surface area (TPSA) is 84.9 Å². The molecule has 0 saturated carbocycles. The summed E-state index contributed by atoms with van der Waals surface area (Å²) in [4.78, 5) is 12.8. The number of ether oxygens (including phenoxy) is 2. The van der Waals surface area contributed by atoms with E-state index in [9.17, 15) is 13.2 Å². The van der Waals surface area contributed by atoms with E-state index in [0.717, 1.165) is 4.31 Å². The number of nitrogens with one attached hydrogen (secondary N) is 1. The fourth-order valence-corrected chi connectivity index (χ4v) is 4.36. The van der Waals surface area contributed by atoms with E-state index < -0.39 is 22.5 Å². The average Bonchev–Trinajstić information content (AvgIpc) is 2.78. The summed E-state index contributed by atoms with van der Waals surface area (Å²) in [6.45, 7) is 1.94. The maximum absolute atomic E-state index is 13.4. The summed E-state index contributed by atoms with van der Waals surface area (Å²) in [6, 6.07) is 21.5. The van der Waals surface area contributed by atoms with Crippen LogP contribution in [0.5, 0.6) is 11.5 Å². The Morgan fingerprint density at radius 2 is 1.65 bits per heavy atom. The van der Waals surface area contributed by atoms with Crippen molar-refractivity contribution in [2.75, 3.05) is 29.9 Å². The summed E-state index contributed by atoms with van der Waals surface area (Å²) in [6.07, 6.45) is 0. The molecule has 0 spiro atoms. The number of amides is 1. The molecule has 162 valence electrons. The van der Waals surface area contributed by atoms with E-state index in [-0.39, 0.29) is 4.90 Å². The average molecular weight is 441 g/mol. The molecule has 0 bridgehead atoms. The van der Waals surface area contributed by atoms with Crippen LogP contribution in [0, 0.1) is 0 Å². The Hall–Kier alpha value is -3.52. The van der Waals surface area contributed by atoms with Crippen molar-refractivity contribution in [2.24, 2.45) is 0 Å². The number of carbonyl (C=O) groups is 1. The van der Waals surface area contributed by atoms with E-state index in [2.05, 4.69) is 5.32 Å². The molecule has 0 aliphatic rings. The molecule has 8 heteroatoms. The Morgan fingerprint density at radius 1 is 0.935 bits per heavy atom. The molecule has 3 aromatic carbocycles. The summed E-state index contributed by atoms with van der Waals surface area (Å²) in [5.74, 6) is 0.676. The first-order valence-corrected chi connectivity index (χ1v) is 11.1. The van der Waals surface area contributed by atoms with Gasteiger partial charge in [-0.2, -0.15) is 0 Å². The van der Waals surface area contributed by atoms with Gasteiger partial charge in [0.15, 0.2) is 0 Å². The summed E-state index contributed by atoms with van der Waals surface area (Å²) in [5.41, 5.74) is 0.896. The monoisotopic (exact) mass is 440 g/mol. The van der Waals surface area contributed by atoms with Crippen LogP contribution >= 0.6 is 0 Å². The highest BCUT2D eigenvalue weighted by atomic mass is 32.2. The SMILES string of the molecule is CCOc1ccc(S(=O)(=O)N(CC(=O)Nc2cccc(OC)c2)c2ccccc2)cc1. The Morgan fingerprint density at radius 3 is 2.29 bits per heavy atom. The fraction of sp³-hybridized carbons (Fsp3) is 0.174. The van der Waals surface area contributed by atoms with Crippen molar-refractivity contribution in [3.05, 3.63) is 78.9 Å². The second-order valence-corrected chi connectivity index (χ2v) is 8.39. The number of hydrogen-bond acceptors (Lipinski definition) is 5. The van der Waals surface area contributed by atoms with Crippen molar-refractivity contribution in [1.29, 1.82) is 0 Å². The smallest absolute Gasteiger partial charge is 0.264 e. The highest BCUT2D eigenvalue weighted by Gasteiger charge is 2.27. The molecule has 3 rings (SSSR count). The number of sulfonamides is 1. The number of rotatable bonds is 9. The van der Waals surface area contributed by atoms with E-state index in [0.29, 0.717) is 29.5 Å². The zero-order chi connectivity index (χ0) is 22.3. The minimum atomic E-state index is -3.99. The zero-order valence-corrected chi connectivity index (χ0v) is 18.1. The first kappa shape index (κ1) is 22.2. The van der Waals surface area contributed by atoms with Crippen LogP contribution in [-0.4, -0.2) is 34.6 Å². The van der Waals surface area contributed by atoms with E-state index in [1.807, 2.05) is 6.92 Å². The Bertz CT molecular complexity index is 1120. The van der Waals surface area contributed by atoms with Gasteiger partial charge in [0.25, 0.3) is 10.0 Å². The number of para-hydroxylation sites is 1. The molecule has 0 heterocycles. The van der Waals surface area contributed by atoms with Gasteiger partial charge in [-0.25, -0.2) is 8.42 Å². The molecule has 0 radical (unpaired) electrons. The van der Waals surface area contributed by atoms with E-state index in [4.69, 9.17) is 9.47 Å². The molecular weight excluding hydrogens is 416 g/mol. The van der Waals surface area contributed by atoms with Crippen molar-refractivity contribution < 1.29 is 22.7 Å². The lowest BCUT2D eigenvalue weighted by Gasteiger charge is -2.24. The van der Waals surface area contributed by atoms with Crippen molar-refractivity contribution in [3.8, 4) is 11.5 Å². The summed E-state index contributed by atoms with van der Waals surface area (Å²) >= 11 is 0. The molecule has 7 nitrogen and oxygen atoms in total. The van der Waals surface area contributed by atoms with E-state index in [1.54, 1.807) is 66.7 Å². The molecule has 1 N–H and O–H groups in total. The highest BCUT2D eigenvalue weighted by molar-refractivity contribution is 7.92. The van der Waals surface area contributed by atoms with Crippen molar-refractivity contribution in [2.45, 2.75) is 11.8 Å². The summed E-state index contributed by atoms with van der Waals surface area (Å²) < 4.78 is 38.4. The molecule has 0 aromatic heterocycles. The van der Waals surface area contributed by atoms with Gasteiger partial charge in [-0.1, -0.05) is 24.3 Å². The number of carbonyl (C=O) groups excluding carboxylic acids is 1. The Labute approximate surface area is 182 Å². The molecule has 1 amide bonds. The van der Waals surface area contributed by atoms with Gasteiger partial charge >= 0.3 is 0 Å². The van der Waals surface area contributed by atoms with Crippen LogP contribution in [0.3, 0.4) is 0 Å². The molecule has 0 unspecified atom stereocenters. The third kappa shape index (κ3) is 5.55. The van der Waals surface area contributed by atoms with Crippen LogP contribution in [-0.2, 0) is 14.8 Å². The van der Waals surface area contributed by atoms with Crippen LogP contribution in [0.4, 0.5) is 11.4 Å². The highest BCUT2D eigenvalue weighted by Crippen LogP contribution is 2.25. The van der Waals surface area contributed by atoms with Gasteiger partial charge in [0.05, 0.1) is 24.3 Å². The molecule has 0 atom stereocenters. The van der Waals surface area contributed by atoms with Gasteiger partial charge in [0.2, 0.25) is 5.91 Å². The summed E-state index contributed by atoms with van der Waals surface area (Å²) in [5, 5.41) is 2.72. The predicted molar refractivity (Wildman–Crippen MR) is 120 cm³/mol. The molecule has 3 aromatic rings. The lowest BCUT2D eigenvalue weighted by atomic mass is 10.3. The predicted octanol–water partition coefficient (Wildman–Crippen LogP) is 3.93. The van der Waals surface area contributed by atoms with Crippen LogP contribution in [0.1, 0.15) is 6.92 Å². The van der Waals surface area contributed by atoms with E-state index in [1.165, 1.54) is 19.2 Å². The van der Waals surface area contributed by atoms with Gasteiger partial charge in [0, 0.05) is 11.8 Å². The lowest BCUT2D eigenvalue weighted by Crippen LogP contribution is -2.38. The first-order chi connectivity index (χ1) is 14.9. The van der Waals surface area contributed by atoms with E-state index >= 15 is 0 Å². The normalized spacial score (nSPS) is 10.9. The molecule has 0 aliphatic heterocycles. The number of benzene rings is 3. The zero-order valence-electron chi connectivity index (χ0n) is 17.3. The van der Waals surface area contributed by atoms with Gasteiger partial charge in [-0.3, -0.25) is 9.10 Å². The first-order valence-electron chi connectivity index (χ1n) is 9.68. The van der Waals surface area contributed by atoms with Gasteiger partial charge in [0.1, 0.15) is 18.0 Å². The van der Waals surface area contributed by atoms with Crippen molar-refractivity contribution >= 4 is 27.3 Å². The largest absolute Gasteiger partial charge is 0.497 e. The molecule has 0 fully saturated rings. The minimum Gasteiger partial charge on any atom is -0.497 e. The molecule has 0 saturated heterocycles. The van der Waals surface area contributed by atoms with Gasteiger partial charge < -0.3 is 14.8 Å². The van der Waals surface area contributed by atoms with Crippen LogP contribution in [0.25, 0.3) is 0 Å². The third-order valence-electron chi connectivity index (χ3n) is 4.41. The fourth-order valence-electron chi connectivity index (χ4n) is 2.94. The van der Waals surface area contributed by atoms with Crippen LogP contribution in [0.2, 0.25) is 0 Å². The second-order valence-electron chi connectivity index (χ2n) is 6.53. The number of anilines is 2. The number of methoxy groups -OCH3 is 1. The maximum Gasteiger partial charge on any atom is 0.264 e. The van der Waals surface area contributed by atoms with Gasteiger partial charge in [-0.15, -0.1) is 0 Å². The Balaban J connectivity index is 1.88. The standard InChI is InChI=1S/C23H24N2O5S/c1-3-30-20-12-14-22(15-13-20)31(27,28)25(19-9-5-4-6-10-19)17-23(26)24-18-8-7-11-21(16-18)29-2/h4-16H,3,17H2,1-2H3,(H,24,26). The quantitative estimate of drug-likeness (QED) is 0.545.